The summed E-state index contributed by atoms with van der Waals surface area (Å²) in [5, 5.41) is 12.4. The van der Waals surface area contributed by atoms with Crippen molar-refractivity contribution in [1.82, 2.24) is 30.2 Å². The first-order valence-electron chi connectivity index (χ1n) is 18.3. The Morgan fingerprint density at radius 2 is 1.26 bits per heavy atom. The second kappa shape index (κ2) is 18.0. The van der Waals surface area contributed by atoms with E-state index in [9.17, 15) is 14.0 Å². The Kier molecular flexibility index (Phi) is 12.0. The van der Waals surface area contributed by atoms with Crippen molar-refractivity contribution in [2.45, 2.75) is 20.3 Å². The Morgan fingerprint density at radius 3 is 1.84 bits per heavy atom. The lowest BCUT2D eigenvalue weighted by atomic mass is 10.1. The smallest absolute Gasteiger partial charge is 0.299 e. The minimum absolute atomic E-state index is 0.0458. The molecule has 0 spiro atoms. The molecule has 0 unspecified atom stereocenters. The Morgan fingerprint density at radius 1 is 0.719 bits per heavy atom. The van der Waals surface area contributed by atoms with Gasteiger partial charge in [-0.25, -0.2) is 14.4 Å². The van der Waals surface area contributed by atoms with E-state index in [1.807, 2.05) is 79.4 Å². The number of nitrogens with one attached hydrogen (secondary N) is 4. The second-order valence-corrected chi connectivity index (χ2v) is 13.2. The van der Waals surface area contributed by atoms with E-state index in [2.05, 4.69) is 41.2 Å². The minimum Gasteiger partial charge on any atom is -0.423 e. The average Bonchev–Trinajstić information content (AvgIpc) is 3.92. The fourth-order valence-electron chi connectivity index (χ4n) is 5.97. The van der Waals surface area contributed by atoms with Gasteiger partial charge in [-0.15, -0.1) is 0 Å². The third-order valence-corrected chi connectivity index (χ3v) is 9.11. The molecule has 0 atom stereocenters. The van der Waals surface area contributed by atoms with Gasteiger partial charge in [-0.3, -0.25) is 19.6 Å². The number of piperazine rings is 1. The lowest BCUT2D eigenvalue weighted by Gasteiger charge is -2.27. The number of aromatic nitrogens is 4. The van der Waals surface area contributed by atoms with Crippen molar-refractivity contribution in [2.75, 3.05) is 42.1 Å². The number of pyridine rings is 2. The van der Waals surface area contributed by atoms with E-state index in [1.54, 1.807) is 37.2 Å². The van der Waals surface area contributed by atoms with Crippen molar-refractivity contribution in [2.24, 2.45) is 0 Å². The van der Waals surface area contributed by atoms with Crippen LogP contribution in [0.5, 0.6) is 0 Å². The fraction of sp³-hybridized carbons (Fsp3) is 0.163. The van der Waals surface area contributed by atoms with E-state index in [-0.39, 0.29) is 24.1 Å². The van der Waals surface area contributed by atoms with Gasteiger partial charge >= 0.3 is 0 Å². The molecule has 14 heteroatoms. The topological polar surface area (TPSA) is 163 Å². The van der Waals surface area contributed by atoms with Crippen LogP contribution >= 0.6 is 0 Å². The van der Waals surface area contributed by atoms with E-state index in [0.717, 1.165) is 65.4 Å². The third-order valence-electron chi connectivity index (χ3n) is 9.11. The van der Waals surface area contributed by atoms with E-state index in [0.29, 0.717) is 34.8 Å². The summed E-state index contributed by atoms with van der Waals surface area (Å²) in [4.78, 5) is 43.5. The van der Waals surface area contributed by atoms with Crippen LogP contribution in [-0.4, -0.2) is 62.8 Å². The molecule has 1 fully saturated rings. The summed E-state index contributed by atoms with van der Waals surface area (Å²) in [5.74, 6) is 0.802. The van der Waals surface area contributed by atoms with Gasteiger partial charge in [0.05, 0.1) is 18.8 Å². The molecule has 1 aliphatic rings. The summed E-state index contributed by atoms with van der Waals surface area (Å²) in [6, 6.07) is 25.2. The molecular formula is C43H40FN9O4. The monoisotopic (exact) mass is 765 g/mol. The van der Waals surface area contributed by atoms with E-state index in [4.69, 9.17) is 8.83 Å². The quantitative estimate of drug-likeness (QED) is 0.107. The molecule has 0 bridgehead atoms. The molecule has 0 aliphatic carbocycles. The fourth-order valence-corrected chi connectivity index (χ4v) is 5.97. The van der Waals surface area contributed by atoms with Crippen LogP contribution in [0.1, 0.15) is 27.0 Å². The zero-order valence-corrected chi connectivity index (χ0v) is 31.3. The number of hydrogen-bond donors (Lipinski definition) is 4. The molecule has 4 N–H and O–H groups in total. The Bertz CT molecular complexity index is 2430. The molecule has 0 saturated carbocycles. The summed E-state index contributed by atoms with van der Waals surface area (Å²) >= 11 is 0. The number of hydrogen-bond acceptors (Lipinski definition) is 11. The average molecular weight is 766 g/mol. The maximum Gasteiger partial charge on any atom is 0.299 e. The zero-order valence-electron chi connectivity index (χ0n) is 31.3. The largest absolute Gasteiger partial charge is 0.423 e. The number of oxazole rings is 2. The van der Waals surface area contributed by atoms with Crippen LogP contribution in [0, 0.1) is 19.7 Å². The highest BCUT2D eigenvalue weighted by Gasteiger charge is 2.19. The van der Waals surface area contributed by atoms with Crippen molar-refractivity contribution in [1.29, 1.82) is 0 Å². The van der Waals surface area contributed by atoms with Gasteiger partial charge in [-0.2, -0.15) is 0 Å². The van der Waals surface area contributed by atoms with Crippen LogP contribution in [0.4, 0.5) is 33.5 Å². The Balaban J connectivity index is 0.000000175. The lowest BCUT2D eigenvalue weighted by Crippen LogP contribution is -2.46. The first-order valence-corrected chi connectivity index (χ1v) is 18.3. The Hall–Kier alpha value is -7.19. The molecule has 57 heavy (non-hydrogen) atoms. The molecular weight excluding hydrogens is 726 g/mol. The van der Waals surface area contributed by atoms with E-state index < -0.39 is 0 Å². The molecule has 1 aliphatic heterocycles. The molecule has 2 amide bonds. The summed E-state index contributed by atoms with van der Waals surface area (Å²) < 4.78 is 24.6. The normalized spacial score (nSPS) is 12.3. The van der Waals surface area contributed by atoms with Crippen LogP contribution in [0.2, 0.25) is 0 Å². The minimum atomic E-state index is -0.346. The highest BCUT2D eigenvalue weighted by molar-refractivity contribution is 5.95. The predicted octanol–water partition coefficient (Wildman–Crippen LogP) is 7.94. The van der Waals surface area contributed by atoms with E-state index in [1.165, 1.54) is 24.3 Å². The summed E-state index contributed by atoms with van der Waals surface area (Å²) in [6.45, 7) is 7.05. The highest BCUT2D eigenvalue weighted by Crippen LogP contribution is 2.28. The predicted molar refractivity (Wildman–Crippen MR) is 216 cm³/mol. The molecule has 4 aromatic heterocycles. The van der Waals surface area contributed by atoms with Crippen LogP contribution in [0.15, 0.2) is 131 Å². The van der Waals surface area contributed by atoms with Crippen molar-refractivity contribution in [3.8, 4) is 22.6 Å². The highest BCUT2D eigenvalue weighted by atomic mass is 19.1. The van der Waals surface area contributed by atoms with Crippen molar-refractivity contribution >= 4 is 40.9 Å². The summed E-state index contributed by atoms with van der Waals surface area (Å²) in [6.07, 6.45) is 10.3. The van der Waals surface area contributed by atoms with Gasteiger partial charge in [-0.1, -0.05) is 18.2 Å². The number of carbonyl (C=O) groups is 2. The van der Waals surface area contributed by atoms with Gasteiger partial charge in [0.2, 0.25) is 5.91 Å². The molecule has 1 saturated heterocycles. The van der Waals surface area contributed by atoms with Crippen LogP contribution < -0.4 is 21.3 Å². The van der Waals surface area contributed by atoms with Crippen LogP contribution in [0.3, 0.4) is 0 Å². The number of amides is 2. The van der Waals surface area contributed by atoms with Crippen LogP contribution in [-0.2, 0) is 11.2 Å². The third kappa shape index (κ3) is 10.1. The maximum absolute atomic E-state index is 13.0. The van der Waals surface area contributed by atoms with Crippen molar-refractivity contribution < 1.29 is 22.8 Å². The summed E-state index contributed by atoms with van der Waals surface area (Å²) in [5.41, 5.74) is 7.42. The number of halogens is 1. The summed E-state index contributed by atoms with van der Waals surface area (Å²) in [7, 11) is 0. The van der Waals surface area contributed by atoms with E-state index >= 15 is 0 Å². The van der Waals surface area contributed by atoms with Gasteiger partial charge in [0.1, 0.15) is 5.82 Å². The molecule has 7 aromatic rings. The molecule has 288 valence electrons. The zero-order chi connectivity index (χ0) is 39.6. The number of carbonyl (C=O) groups excluding carboxylic acids is 2. The van der Waals surface area contributed by atoms with Gasteiger partial charge < -0.3 is 35.0 Å². The second-order valence-electron chi connectivity index (χ2n) is 13.2. The first kappa shape index (κ1) is 38.1. The number of aryl methyl sites for hydroxylation is 2. The van der Waals surface area contributed by atoms with Gasteiger partial charge in [0.15, 0.2) is 11.5 Å². The van der Waals surface area contributed by atoms with Crippen molar-refractivity contribution in [3.05, 3.63) is 150 Å². The molecule has 5 heterocycles. The molecule has 8 rings (SSSR count). The maximum atomic E-state index is 13.0. The number of rotatable bonds is 10. The Labute approximate surface area is 328 Å². The molecule has 3 aromatic carbocycles. The van der Waals surface area contributed by atoms with Crippen molar-refractivity contribution in [3.63, 3.8) is 0 Å². The number of benzene rings is 3. The molecule has 13 nitrogen and oxygen atoms in total. The van der Waals surface area contributed by atoms with Gasteiger partial charge in [0.25, 0.3) is 17.9 Å². The standard InChI is InChI=1S/C23H19FN4O2.C20H21N5O2/c1-15-2-3-16(13-22(29)27-19-6-4-18(24)5-7-19)12-20(15)28-23-26-14-21(30-23)17-8-10-25-11-9-17;1-14-2-3-16(19(26)25-10-8-22-9-11-25)12-17(14)24-20-23-13-18(27-20)15-4-6-21-7-5-15/h2-12,14H,13H2,1H3,(H,26,28)(H,27,29);2-7,12-13,22H,8-11H2,1H3,(H,23,24). The SMILES string of the molecule is Cc1ccc(C(=O)N2CCNCC2)cc1Nc1ncc(-c2ccncc2)o1.Cc1ccc(CC(=O)Nc2ccc(F)cc2)cc1Nc1ncc(-c2ccncc2)o1. The number of anilines is 5. The van der Waals surface area contributed by atoms with Gasteiger partial charge in [-0.05, 0) is 97.3 Å². The van der Waals surface area contributed by atoms with Crippen LogP contribution in [0.25, 0.3) is 22.6 Å². The first-order chi connectivity index (χ1) is 27.8. The van der Waals surface area contributed by atoms with Gasteiger partial charge in [0, 0.05) is 84.7 Å². The number of nitrogens with zero attached hydrogens (tertiary/aromatic N) is 5. The lowest BCUT2D eigenvalue weighted by molar-refractivity contribution is -0.115. The molecule has 0 radical (unpaired) electrons.